The first-order valence-corrected chi connectivity index (χ1v) is 15.3. The van der Waals surface area contributed by atoms with E-state index in [-0.39, 0.29) is 31.1 Å². The van der Waals surface area contributed by atoms with Gasteiger partial charge in [-0.1, -0.05) is 18.2 Å². The fourth-order valence-corrected chi connectivity index (χ4v) is 6.62. The molecule has 1 fully saturated rings. The summed E-state index contributed by atoms with van der Waals surface area (Å²) in [6.07, 6.45) is 6.82. The van der Waals surface area contributed by atoms with E-state index in [0.29, 0.717) is 23.7 Å². The lowest BCUT2D eigenvalue weighted by Crippen LogP contribution is -2.40. The minimum absolute atomic E-state index is 0.0651. The van der Waals surface area contributed by atoms with Crippen LogP contribution in [0.15, 0.2) is 54.7 Å². The molecule has 7 rings (SSSR count). The number of aliphatic hydroxyl groups excluding tert-OH is 1. The molecular weight excluding hydrogens is 559 g/mol. The van der Waals surface area contributed by atoms with E-state index < -0.39 is 17.3 Å². The zero-order valence-corrected chi connectivity index (χ0v) is 25.1. The van der Waals surface area contributed by atoms with Crippen LogP contribution in [-0.4, -0.2) is 69.4 Å². The highest BCUT2D eigenvalue weighted by Gasteiger charge is 2.33. The Morgan fingerprint density at radius 1 is 1.14 bits per heavy atom. The Bertz CT molecular complexity index is 1790. The Labute approximate surface area is 255 Å². The van der Waals surface area contributed by atoms with Crippen LogP contribution in [0.3, 0.4) is 0 Å². The lowest BCUT2D eigenvalue weighted by atomic mass is 9.95. The average Bonchev–Trinajstić information content (AvgIpc) is 3.78. The largest absolute Gasteiger partial charge is 0.491 e. The summed E-state index contributed by atoms with van der Waals surface area (Å²) in [5.41, 5.74) is 5.74. The molecule has 0 unspecified atom stereocenters. The first kappa shape index (κ1) is 28.7. The van der Waals surface area contributed by atoms with Crippen LogP contribution < -0.4 is 9.64 Å². The number of H-pyrrole nitrogens is 1. The number of aromatic nitrogens is 2. The van der Waals surface area contributed by atoms with Crippen LogP contribution >= 0.6 is 0 Å². The highest BCUT2D eigenvalue weighted by atomic mass is 19.1. The van der Waals surface area contributed by atoms with E-state index in [1.165, 1.54) is 16.5 Å². The van der Waals surface area contributed by atoms with Crippen molar-refractivity contribution in [2.24, 2.45) is 0 Å². The summed E-state index contributed by atoms with van der Waals surface area (Å²) < 4.78 is 21.3. The number of carbonyl (C=O) groups is 1. The van der Waals surface area contributed by atoms with Gasteiger partial charge in [-0.15, -0.1) is 0 Å². The third kappa shape index (κ3) is 5.40. The van der Waals surface area contributed by atoms with E-state index >= 15 is 4.39 Å². The van der Waals surface area contributed by atoms with E-state index in [1.807, 2.05) is 38.1 Å². The maximum Gasteiger partial charge on any atom is 0.265 e. The number of rotatable bonds is 7. The highest BCUT2D eigenvalue weighted by Crippen LogP contribution is 2.44. The Balaban J connectivity index is 1.24. The number of ether oxygens (including phenoxy) is 1. The van der Waals surface area contributed by atoms with Gasteiger partial charge in [0.25, 0.3) is 5.91 Å². The summed E-state index contributed by atoms with van der Waals surface area (Å²) in [5, 5.41) is 21.8. The average molecular weight is 597 g/mol. The molecule has 8 nitrogen and oxygen atoms in total. The minimum atomic E-state index is -0.744. The molecule has 3 aliphatic rings. The number of hydrogen-bond donors (Lipinski definition) is 3. The Morgan fingerprint density at radius 3 is 2.70 bits per heavy atom. The third-order valence-corrected chi connectivity index (χ3v) is 8.83. The van der Waals surface area contributed by atoms with Crippen molar-refractivity contribution < 1.29 is 24.1 Å². The van der Waals surface area contributed by atoms with Crippen LogP contribution in [0.4, 0.5) is 10.1 Å². The molecule has 2 aliphatic heterocycles. The second kappa shape index (κ2) is 11.1. The number of pyridine rings is 1. The number of aromatic amines is 1. The normalized spacial score (nSPS) is 17.8. The number of benzene rings is 2. The molecule has 4 aromatic rings. The fraction of sp³-hybridized carbons (Fsp3) is 0.371. The fourth-order valence-electron chi connectivity index (χ4n) is 6.62. The van der Waals surface area contributed by atoms with Gasteiger partial charge in [-0.25, -0.2) is 9.37 Å². The molecule has 9 heteroatoms. The molecule has 1 amide bonds. The van der Waals surface area contributed by atoms with Gasteiger partial charge in [0.15, 0.2) is 0 Å². The van der Waals surface area contributed by atoms with Crippen molar-refractivity contribution in [2.45, 2.75) is 51.2 Å². The number of halogens is 1. The van der Waals surface area contributed by atoms with E-state index in [1.54, 1.807) is 12.3 Å². The molecule has 1 saturated carbocycles. The van der Waals surface area contributed by atoms with Crippen molar-refractivity contribution in [3.63, 3.8) is 0 Å². The van der Waals surface area contributed by atoms with Crippen LogP contribution in [0.25, 0.3) is 27.7 Å². The van der Waals surface area contributed by atoms with E-state index in [4.69, 9.17) is 4.74 Å². The molecule has 44 heavy (non-hydrogen) atoms. The number of β-amino-alcohol motifs (C(OH)–C–C–N with tert-alkyl or cyclic N) is 1. The predicted octanol–water partition coefficient (Wildman–Crippen LogP) is 5.64. The van der Waals surface area contributed by atoms with Crippen LogP contribution in [0.5, 0.6) is 5.75 Å². The number of hydrogen-bond acceptors (Lipinski definition) is 6. The summed E-state index contributed by atoms with van der Waals surface area (Å²) >= 11 is 0. The van der Waals surface area contributed by atoms with Gasteiger partial charge in [-0.05, 0) is 91.6 Å². The molecule has 1 aliphatic carbocycles. The summed E-state index contributed by atoms with van der Waals surface area (Å²) in [5.74, 6) is -0.425. The van der Waals surface area contributed by atoms with Crippen LogP contribution in [0, 0.1) is 5.82 Å². The topological polar surface area (TPSA) is 102 Å². The smallest absolute Gasteiger partial charge is 0.265 e. The number of carbonyl (C=O) groups excluding carboxylic acids is 1. The Hall–Kier alpha value is -4.05. The van der Waals surface area contributed by atoms with Crippen molar-refractivity contribution in [3.8, 4) is 16.9 Å². The molecular formula is C35H37FN4O4. The molecule has 228 valence electrons. The maximum absolute atomic E-state index is 15.4. The van der Waals surface area contributed by atoms with Crippen LogP contribution in [0.2, 0.25) is 0 Å². The van der Waals surface area contributed by atoms with Gasteiger partial charge in [0.05, 0.1) is 24.4 Å². The summed E-state index contributed by atoms with van der Waals surface area (Å²) in [4.78, 5) is 25.7. The van der Waals surface area contributed by atoms with Gasteiger partial charge in [0, 0.05) is 42.5 Å². The lowest BCUT2D eigenvalue weighted by molar-refractivity contribution is 0.0397. The molecule has 0 saturated heterocycles. The predicted molar refractivity (Wildman–Crippen MR) is 168 cm³/mol. The Kier molecular flexibility index (Phi) is 7.27. The van der Waals surface area contributed by atoms with Gasteiger partial charge in [-0.2, -0.15) is 0 Å². The van der Waals surface area contributed by atoms with Crippen molar-refractivity contribution in [1.82, 2.24) is 14.9 Å². The van der Waals surface area contributed by atoms with E-state index in [9.17, 15) is 15.0 Å². The molecule has 3 N–H and O–H groups in total. The first-order chi connectivity index (χ1) is 21.2. The molecule has 0 atom stereocenters. The second-order valence-electron chi connectivity index (χ2n) is 12.7. The molecule has 0 bridgehead atoms. The SMILES string of the molecule is CC(C)(O)CN1CC=C(c2cc3c(-c4cccc(N5CCOc6cc(C7CC7)cc(F)c6C5=O)c4CO)ccnc3[nH]2)CC1. The minimum Gasteiger partial charge on any atom is -0.491 e. The maximum atomic E-state index is 15.4. The van der Waals surface area contributed by atoms with E-state index in [0.717, 1.165) is 65.8 Å². The molecule has 0 radical (unpaired) electrons. The van der Waals surface area contributed by atoms with Crippen LogP contribution in [0.1, 0.15) is 66.2 Å². The van der Waals surface area contributed by atoms with Crippen molar-refractivity contribution in [1.29, 1.82) is 0 Å². The third-order valence-electron chi connectivity index (χ3n) is 8.83. The van der Waals surface area contributed by atoms with Crippen molar-refractivity contribution >= 4 is 28.2 Å². The second-order valence-corrected chi connectivity index (χ2v) is 12.7. The number of nitrogens with zero attached hydrogens (tertiary/aromatic N) is 3. The van der Waals surface area contributed by atoms with Gasteiger partial charge in [0.1, 0.15) is 29.4 Å². The standard InChI is InChI=1S/C35H37FN4O4/c1-35(2,43)20-39-12-9-22(10-13-39)29-18-26-25(8-11-37-33(26)38-29)24-4-3-5-30(27(24)19-41)40-14-15-44-31-17-23(21-6-7-21)16-28(36)32(31)34(40)42/h3-5,8-9,11,16-18,21,41,43H,6-7,10,12-15,19-20H2,1-2H3,(H,37,38). The Morgan fingerprint density at radius 2 is 1.98 bits per heavy atom. The van der Waals surface area contributed by atoms with Gasteiger partial charge in [-0.3, -0.25) is 9.69 Å². The van der Waals surface area contributed by atoms with Gasteiger partial charge >= 0.3 is 0 Å². The molecule has 2 aromatic heterocycles. The molecule has 0 spiro atoms. The monoisotopic (exact) mass is 596 g/mol. The number of fused-ring (bicyclic) bond motifs is 2. The molecule has 2 aromatic carbocycles. The summed E-state index contributed by atoms with van der Waals surface area (Å²) in [6.45, 7) is 5.99. The van der Waals surface area contributed by atoms with Crippen LogP contribution in [-0.2, 0) is 6.61 Å². The number of nitrogens with one attached hydrogen (secondary N) is 1. The van der Waals surface area contributed by atoms with Crippen molar-refractivity contribution in [3.05, 3.63) is 82.9 Å². The van der Waals surface area contributed by atoms with Crippen molar-refractivity contribution in [2.75, 3.05) is 37.7 Å². The van der Waals surface area contributed by atoms with Gasteiger partial charge < -0.3 is 24.8 Å². The zero-order valence-electron chi connectivity index (χ0n) is 25.1. The quantitative estimate of drug-likeness (QED) is 0.255. The zero-order chi connectivity index (χ0) is 30.6. The number of amides is 1. The highest BCUT2D eigenvalue weighted by molar-refractivity contribution is 6.09. The summed E-state index contributed by atoms with van der Waals surface area (Å²) in [6, 6.07) is 12.9. The number of aliphatic hydroxyl groups is 2. The number of anilines is 1. The lowest BCUT2D eigenvalue weighted by Gasteiger charge is -2.31. The molecule has 4 heterocycles. The first-order valence-electron chi connectivity index (χ1n) is 15.3. The van der Waals surface area contributed by atoms with E-state index in [2.05, 4.69) is 27.0 Å². The van der Waals surface area contributed by atoms with Gasteiger partial charge in [0.2, 0.25) is 0 Å². The summed E-state index contributed by atoms with van der Waals surface area (Å²) in [7, 11) is 0.